The molecule has 0 saturated heterocycles. The van der Waals surface area contributed by atoms with Gasteiger partial charge in [-0.25, -0.2) is 0 Å². The van der Waals surface area contributed by atoms with Crippen molar-refractivity contribution in [3.63, 3.8) is 0 Å². The number of nitrogens with one attached hydrogen (secondary N) is 1. The maximum Gasteiger partial charge on any atom is 0.416 e. The SMILES string of the molecule is CC1CCCC(Nc2ccc(C(F)(F)F)cc2Cl)C1C. The lowest BCUT2D eigenvalue weighted by Crippen LogP contribution is -2.35. The van der Waals surface area contributed by atoms with E-state index < -0.39 is 11.7 Å². The smallest absolute Gasteiger partial charge is 0.381 e. The van der Waals surface area contributed by atoms with Crippen molar-refractivity contribution in [2.24, 2.45) is 11.8 Å². The molecule has 0 radical (unpaired) electrons. The summed E-state index contributed by atoms with van der Waals surface area (Å²) in [4.78, 5) is 0. The molecule has 0 amide bonds. The molecule has 1 fully saturated rings. The summed E-state index contributed by atoms with van der Waals surface area (Å²) in [5.74, 6) is 1.11. The van der Waals surface area contributed by atoms with Gasteiger partial charge >= 0.3 is 6.18 Å². The van der Waals surface area contributed by atoms with Crippen molar-refractivity contribution >= 4 is 17.3 Å². The third-order valence-corrected chi connectivity index (χ3v) is 4.66. The van der Waals surface area contributed by atoms with Gasteiger partial charge in [0.15, 0.2) is 0 Å². The van der Waals surface area contributed by atoms with E-state index in [1.54, 1.807) is 0 Å². The van der Waals surface area contributed by atoms with Gasteiger partial charge in [0.25, 0.3) is 0 Å². The van der Waals surface area contributed by atoms with E-state index in [-0.39, 0.29) is 11.1 Å². The van der Waals surface area contributed by atoms with Crippen molar-refractivity contribution in [1.29, 1.82) is 0 Å². The minimum atomic E-state index is -4.35. The molecule has 1 saturated carbocycles. The van der Waals surface area contributed by atoms with E-state index >= 15 is 0 Å². The molecule has 0 aromatic heterocycles. The Kier molecular flexibility index (Phi) is 4.52. The van der Waals surface area contributed by atoms with Crippen LogP contribution in [0.15, 0.2) is 18.2 Å². The third kappa shape index (κ3) is 3.40. The summed E-state index contributed by atoms with van der Waals surface area (Å²) in [6, 6.07) is 3.76. The largest absolute Gasteiger partial charge is 0.416 e. The lowest BCUT2D eigenvalue weighted by atomic mass is 9.78. The molecule has 112 valence electrons. The predicted octanol–water partition coefficient (Wildman–Crippen LogP) is 5.60. The fraction of sp³-hybridized carbons (Fsp3) is 0.600. The summed E-state index contributed by atoms with van der Waals surface area (Å²) in [5, 5.41) is 3.44. The van der Waals surface area contributed by atoms with Gasteiger partial charge in [0, 0.05) is 6.04 Å². The number of alkyl halides is 3. The van der Waals surface area contributed by atoms with Crippen LogP contribution < -0.4 is 5.32 Å². The van der Waals surface area contributed by atoms with Crippen LogP contribution >= 0.6 is 11.6 Å². The summed E-state index contributed by atoms with van der Waals surface area (Å²) in [6.45, 7) is 4.40. The third-order valence-electron chi connectivity index (χ3n) is 4.34. The van der Waals surface area contributed by atoms with E-state index in [0.29, 0.717) is 17.5 Å². The average molecular weight is 306 g/mol. The Morgan fingerprint density at radius 2 is 1.90 bits per heavy atom. The summed E-state index contributed by atoms with van der Waals surface area (Å²) in [5.41, 5.74) is -0.122. The Bertz CT molecular complexity index is 473. The van der Waals surface area contributed by atoms with E-state index in [2.05, 4.69) is 19.2 Å². The van der Waals surface area contributed by atoms with Crippen LogP contribution in [0.5, 0.6) is 0 Å². The van der Waals surface area contributed by atoms with Gasteiger partial charge in [-0.2, -0.15) is 13.2 Å². The minimum absolute atomic E-state index is 0.130. The fourth-order valence-electron chi connectivity index (χ4n) is 2.79. The van der Waals surface area contributed by atoms with Crippen molar-refractivity contribution in [3.8, 4) is 0 Å². The molecule has 20 heavy (non-hydrogen) atoms. The highest BCUT2D eigenvalue weighted by Gasteiger charge is 2.31. The Balaban J connectivity index is 2.14. The van der Waals surface area contributed by atoms with Gasteiger partial charge in [-0.1, -0.05) is 38.3 Å². The average Bonchev–Trinajstić information content (AvgIpc) is 2.36. The van der Waals surface area contributed by atoms with Crippen LogP contribution in [-0.2, 0) is 6.18 Å². The van der Waals surface area contributed by atoms with Gasteiger partial charge in [-0.3, -0.25) is 0 Å². The van der Waals surface area contributed by atoms with Crippen molar-refractivity contribution in [3.05, 3.63) is 28.8 Å². The number of anilines is 1. The summed E-state index contributed by atoms with van der Waals surface area (Å²) < 4.78 is 37.8. The van der Waals surface area contributed by atoms with E-state index in [0.717, 1.165) is 25.0 Å². The Hall–Kier alpha value is -0.900. The zero-order valence-corrected chi connectivity index (χ0v) is 12.4. The van der Waals surface area contributed by atoms with Crippen molar-refractivity contribution in [2.45, 2.75) is 45.3 Å². The molecule has 0 spiro atoms. The second kappa shape index (κ2) is 5.84. The molecule has 3 atom stereocenters. The lowest BCUT2D eigenvalue weighted by Gasteiger charge is -2.35. The molecule has 1 aromatic carbocycles. The highest BCUT2D eigenvalue weighted by atomic mass is 35.5. The number of benzene rings is 1. The topological polar surface area (TPSA) is 12.0 Å². The quantitative estimate of drug-likeness (QED) is 0.750. The highest BCUT2D eigenvalue weighted by Crippen LogP contribution is 2.36. The highest BCUT2D eigenvalue weighted by molar-refractivity contribution is 6.33. The molecule has 1 aromatic rings. The number of rotatable bonds is 2. The van der Waals surface area contributed by atoms with Gasteiger partial charge in [-0.05, 0) is 36.5 Å². The molecule has 0 heterocycles. The van der Waals surface area contributed by atoms with E-state index in [9.17, 15) is 13.2 Å². The molecule has 1 aliphatic carbocycles. The van der Waals surface area contributed by atoms with E-state index in [4.69, 9.17) is 11.6 Å². The molecule has 0 aliphatic heterocycles. The van der Waals surface area contributed by atoms with Crippen molar-refractivity contribution in [2.75, 3.05) is 5.32 Å². The number of halogens is 4. The second-order valence-electron chi connectivity index (χ2n) is 5.71. The molecule has 1 N–H and O–H groups in total. The zero-order valence-electron chi connectivity index (χ0n) is 11.6. The van der Waals surface area contributed by atoms with Crippen LogP contribution in [0.1, 0.15) is 38.7 Å². The normalized spacial score (nSPS) is 27.4. The first-order chi connectivity index (χ1) is 9.29. The maximum absolute atomic E-state index is 12.6. The van der Waals surface area contributed by atoms with Crippen LogP contribution in [0, 0.1) is 11.8 Å². The van der Waals surface area contributed by atoms with Gasteiger partial charge in [0.2, 0.25) is 0 Å². The van der Waals surface area contributed by atoms with Crippen molar-refractivity contribution < 1.29 is 13.2 Å². The van der Waals surface area contributed by atoms with E-state index in [1.807, 2.05) is 0 Å². The predicted molar refractivity (Wildman–Crippen MR) is 76.0 cm³/mol. The van der Waals surface area contributed by atoms with E-state index in [1.165, 1.54) is 12.5 Å². The Labute approximate surface area is 122 Å². The summed E-state index contributed by atoms with van der Waals surface area (Å²) in [7, 11) is 0. The Morgan fingerprint density at radius 1 is 1.20 bits per heavy atom. The molecule has 5 heteroatoms. The number of hydrogen-bond acceptors (Lipinski definition) is 1. The first-order valence-electron chi connectivity index (χ1n) is 6.92. The van der Waals surface area contributed by atoms with Crippen LogP contribution in [0.3, 0.4) is 0 Å². The standard InChI is InChI=1S/C15H19ClF3N/c1-9-4-3-5-13(10(9)2)20-14-7-6-11(8-12(14)16)15(17,18)19/h6-10,13,20H,3-5H2,1-2H3. The van der Waals surface area contributed by atoms with Crippen LogP contribution in [0.2, 0.25) is 5.02 Å². The molecule has 2 rings (SSSR count). The molecule has 0 bridgehead atoms. The molecular formula is C15H19ClF3N. The van der Waals surface area contributed by atoms with Crippen LogP contribution in [0.4, 0.5) is 18.9 Å². The number of hydrogen-bond donors (Lipinski definition) is 1. The molecule has 1 aliphatic rings. The first-order valence-corrected chi connectivity index (χ1v) is 7.30. The first kappa shape index (κ1) is 15.5. The minimum Gasteiger partial charge on any atom is -0.381 e. The van der Waals surface area contributed by atoms with Gasteiger partial charge in [0.1, 0.15) is 0 Å². The molecule has 1 nitrogen and oxygen atoms in total. The Morgan fingerprint density at radius 3 is 2.50 bits per heavy atom. The van der Waals surface area contributed by atoms with Gasteiger partial charge in [0.05, 0.1) is 16.3 Å². The van der Waals surface area contributed by atoms with Crippen LogP contribution in [0.25, 0.3) is 0 Å². The van der Waals surface area contributed by atoms with Gasteiger partial charge < -0.3 is 5.32 Å². The fourth-order valence-corrected chi connectivity index (χ4v) is 3.03. The van der Waals surface area contributed by atoms with Gasteiger partial charge in [-0.15, -0.1) is 0 Å². The molecule has 3 unspecified atom stereocenters. The van der Waals surface area contributed by atoms with Crippen molar-refractivity contribution in [1.82, 2.24) is 0 Å². The maximum atomic E-state index is 12.6. The monoisotopic (exact) mass is 305 g/mol. The summed E-state index contributed by atoms with van der Waals surface area (Å²) in [6.07, 6.45) is -0.973. The van der Waals surface area contributed by atoms with Crippen LogP contribution in [-0.4, -0.2) is 6.04 Å². The molecular weight excluding hydrogens is 287 g/mol. The second-order valence-corrected chi connectivity index (χ2v) is 6.12. The zero-order chi connectivity index (χ0) is 14.9. The lowest BCUT2D eigenvalue weighted by molar-refractivity contribution is -0.137. The summed E-state index contributed by atoms with van der Waals surface area (Å²) >= 11 is 5.98.